The number of carbonyl (C=O) groups excluding carboxylic acids is 1. The summed E-state index contributed by atoms with van der Waals surface area (Å²) in [5.74, 6) is -1.37. The van der Waals surface area contributed by atoms with Gasteiger partial charge in [0, 0.05) is 72.0 Å². The molecule has 1 N–H and O–H groups in total. The van der Waals surface area contributed by atoms with E-state index < -0.39 is 34.6 Å². The number of halogens is 5. The van der Waals surface area contributed by atoms with Gasteiger partial charge in [0.15, 0.2) is 0 Å². The van der Waals surface area contributed by atoms with E-state index in [2.05, 4.69) is 10.3 Å². The van der Waals surface area contributed by atoms with Crippen LogP contribution in [-0.2, 0) is 17.5 Å². The molecule has 2 bridgehead atoms. The number of ketones is 1. The summed E-state index contributed by atoms with van der Waals surface area (Å²) >= 11 is 1.12. The van der Waals surface area contributed by atoms with Crippen molar-refractivity contribution in [1.29, 1.82) is 0 Å². The van der Waals surface area contributed by atoms with Crippen molar-refractivity contribution in [1.82, 2.24) is 14.9 Å². The highest BCUT2D eigenvalue weighted by atomic mass is 32.2. The van der Waals surface area contributed by atoms with Crippen molar-refractivity contribution in [2.24, 2.45) is 0 Å². The van der Waals surface area contributed by atoms with Crippen molar-refractivity contribution in [3.05, 3.63) is 51.9 Å². The first-order chi connectivity index (χ1) is 17.6. The minimum atomic E-state index is -4.86. The third-order valence-electron chi connectivity index (χ3n) is 7.08. The second-order valence-electron chi connectivity index (χ2n) is 9.63. The van der Waals surface area contributed by atoms with Crippen LogP contribution in [-0.4, -0.2) is 46.3 Å². The predicted molar refractivity (Wildman–Crippen MR) is 129 cm³/mol. The van der Waals surface area contributed by atoms with Gasteiger partial charge in [-0.05, 0) is 30.4 Å². The summed E-state index contributed by atoms with van der Waals surface area (Å²) in [5.41, 5.74) is -2.20. The highest BCUT2D eigenvalue weighted by Gasteiger charge is 2.40. The third-order valence-corrected chi connectivity index (χ3v) is 8.26. The van der Waals surface area contributed by atoms with Gasteiger partial charge in [-0.3, -0.25) is 9.36 Å². The number of piperazine rings is 1. The number of benzene rings is 2. The molecule has 0 aliphatic carbocycles. The number of aryl methyl sites for hydroxylation is 1. The number of Topliss-reactive ketones (excluding diaryl/α,β-unsaturated/α-hetero) is 1. The highest BCUT2D eigenvalue weighted by Crippen LogP contribution is 2.48. The van der Waals surface area contributed by atoms with Gasteiger partial charge in [0.25, 0.3) is 0 Å². The fraction of sp³-hybridized carbons (Fsp3) is 0.400. The zero-order valence-electron chi connectivity index (χ0n) is 19.4. The molecule has 0 amide bonds. The minimum absolute atomic E-state index is 0.122. The standard InChI is InChI=1S/C25H21F5N4O2S/c26-12-2-3-16(19(27)6-12)20-18(25(28,29)30)9-17-21-22(20)37-5-1-4-34(21)24(36)32-23(17)33-10-13-7-15(35)8-14(11-33)31-13/h2-3,6,9,13-14,31H,1,4-5,7-8,10-11H2. The first-order valence-corrected chi connectivity index (χ1v) is 12.9. The predicted octanol–water partition coefficient (Wildman–Crippen LogP) is 4.37. The molecule has 6 nitrogen and oxygen atoms in total. The van der Waals surface area contributed by atoms with E-state index >= 15 is 0 Å². The maximum absolute atomic E-state index is 14.9. The number of thioether (sulfide) groups is 1. The molecule has 2 unspecified atom stereocenters. The molecule has 0 spiro atoms. The fourth-order valence-corrected chi connectivity index (χ4v) is 6.86. The van der Waals surface area contributed by atoms with E-state index in [0.29, 0.717) is 44.2 Å². The number of piperidine rings is 1. The number of hydrogen-bond acceptors (Lipinski definition) is 6. The monoisotopic (exact) mass is 536 g/mol. The number of aromatic nitrogens is 2. The van der Waals surface area contributed by atoms with Gasteiger partial charge in [0.2, 0.25) is 0 Å². The molecule has 2 aromatic carbocycles. The molecule has 37 heavy (non-hydrogen) atoms. The average Bonchev–Trinajstić information content (AvgIpc) is 3.04. The van der Waals surface area contributed by atoms with Crippen LogP contribution in [0.1, 0.15) is 24.8 Å². The first kappa shape index (κ1) is 24.4. The zero-order chi connectivity index (χ0) is 26.1. The molecule has 3 aliphatic heterocycles. The zero-order valence-corrected chi connectivity index (χ0v) is 20.2. The summed E-state index contributed by atoms with van der Waals surface area (Å²) in [5, 5.41) is 3.49. The Labute approximate surface area is 211 Å². The molecule has 1 aromatic heterocycles. The van der Waals surface area contributed by atoms with Crippen LogP contribution in [0.2, 0.25) is 0 Å². The van der Waals surface area contributed by atoms with Crippen molar-refractivity contribution in [3.8, 4) is 11.1 Å². The lowest BCUT2D eigenvalue weighted by molar-refractivity contribution is -0.137. The van der Waals surface area contributed by atoms with Gasteiger partial charge in [0.1, 0.15) is 23.2 Å². The van der Waals surface area contributed by atoms with E-state index in [1.165, 1.54) is 4.57 Å². The number of fused-ring (bicyclic) bond motifs is 2. The molecule has 2 atom stereocenters. The Morgan fingerprint density at radius 2 is 1.78 bits per heavy atom. The number of anilines is 1. The van der Waals surface area contributed by atoms with Crippen LogP contribution in [0.25, 0.3) is 22.0 Å². The molecule has 3 aliphatic rings. The number of hydrogen-bond donors (Lipinski definition) is 1. The van der Waals surface area contributed by atoms with Crippen LogP contribution in [0.5, 0.6) is 0 Å². The van der Waals surface area contributed by atoms with E-state index in [4.69, 9.17) is 0 Å². The Balaban J connectivity index is 1.66. The lowest BCUT2D eigenvalue weighted by Crippen LogP contribution is -2.61. The van der Waals surface area contributed by atoms with Crippen molar-refractivity contribution in [2.45, 2.75) is 49.0 Å². The van der Waals surface area contributed by atoms with Crippen molar-refractivity contribution >= 4 is 34.3 Å². The Morgan fingerprint density at radius 1 is 1.05 bits per heavy atom. The maximum Gasteiger partial charge on any atom is 0.417 e. The third kappa shape index (κ3) is 4.19. The van der Waals surface area contributed by atoms with Crippen LogP contribution < -0.4 is 15.9 Å². The molecule has 0 saturated carbocycles. The molecule has 6 rings (SSSR count). The lowest BCUT2D eigenvalue weighted by Gasteiger charge is -2.42. The Bertz CT molecular complexity index is 1490. The summed E-state index contributed by atoms with van der Waals surface area (Å²) in [4.78, 5) is 31.4. The summed E-state index contributed by atoms with van der Waals surface area (Å²) in [7, 11) is 0. The molecule has 2 fully saturated rings. The van der Waals surface area contributed by atoms with Gasteiger partial charge in [-0.15, -0.1) is 11.8 Å². The molecule has 3 aromatic rings. The number of rotatable bonds is 2. The molecule has 12 heteroatoms. The van der Waals surface area contributed by atoms with E-state index in [1.807, 2.05) is 0 Å². The number of carbonyl (C=O) groups is 1. The smallest absolute Gasteiger partial charge is 0.353 e. The Kier molecular flexibility index (Phi) is 5.79. The van der Waals surface area contributed by atoms with Crippen LogP contribution in [0.3, 0.4) is 0 Å². The SMILES string of the molecule is O=C1CC2CN(c3nc(=O)n4c5c(c(-c6ccc(F)cc6F)c(C(F)(F)F)cc35)SCCC4)CC(C1)N2. The summed E-state index contributed by atoms with van der Waals surface area (Å²) in [6.45, 7) is 0.874. The van der Waals surface area contributed by atoms with E-state index in [0.717, 1.165) is 30.0 Å². The summed E-state index contributed by atoms with van der Waals surface area (Å²) < 4.78 is 73.5. The first-order valence-electron chi connectivity index (χ1n) is 11.9. The van der Waals surface area contributed by atoms with Gasteiger partial charge in [-0.2, -0.15) is 18.2 Å². The van der Waals surface area contributed by atoms with Gasteiger partial charge < -0.3 is 10.2 Å². The maximum atomic E-state index is 14.9. The second-order valence-corrected chi connectivity index (χ2v) is 10.7. The molecular weight excluding hydrogens is 515 g/mol. The van der Waals surface area contributed by atoms with Crippen LogP contribution >= 0.6 is 11.8 Å². The summed E-state index contributed by atoms with van der Waals surface area (Å²) in [6, 6.07) is 3.02. The van der Waals surface area contributed by atoms with Crippen LogP contribution in [0.4, 0.5) is 27.8 Å². The molecule has 4 heterocycles. The highest BCUT2D eigenvalue weighted by molar-refractivity contribution is 7.99. The Hall–Kier alpha value is -2.99. The van der Waals surface area contributed by atoms with Crippen LogP contribution in [0, 0.1) is 11.6 Å². The van der Waals surface area contributed by atoms with E-state index in [1.54, 1.807) is 4.90 Å². The Morgan fingerprint density at radius 3 is 2.46 bits per heavy atom. The quantitative estimate of drug-likeness (QED) is 0.491. The molecular formula is C25H21F5N4O2S. The van der Waals surface area contributed by atoms with Gasteiger partial charge >= 0.3 is 11.9 Å². The largest absolute Gasteiger partial charge is 0.417 e. The normalized spacial score (nSPS) is 21.9. The van der Waals surface area contributed by atoms with Gasteiger partial charge in [-0.1, -0.05) is 0 Å². The second kappa shape index (κ2) is 8.80. The minimum Gasteiger partial charge on any atom is -0.353 e. The van der Waals surface area contributed by atoms with E-state index in [-0.39, 0.29) is 51.6 Å². The molecule has 2 saturated heterocycles. The summed E-state index contributed by atoms with van der Waals surface area (Å²) in [6.07, 6.45) is -3.77. The average molecular weight is 537 g/mol. The van der Waals surface area contributed by atoms with Gasteiger partial charge in [-0.25, -0.2) is 13.6 Å². The fourth-order valence-electron chi connectivity index (χ4n) is 5.66. The van der Waals surface area contributed by atoms with Gasteiger partial charge in [0.05, 0.1) is 11.1 Å². The topological polar surface area (TPSA) is 67.2 Å². The van der Waals surface area contributed by atoms with Crippen LogP contribution in [0.15, 0.2) is 34.0 Å². The molecule has 194 valence electrons. The molecule has 0 radical (unpaired) electrons. The number of nitrogens with one attached hydrogen (secondary N) is 1. The van der Waals surface area contributed by atoms with E-state index in [9.17, 15) is 31.5 Å². The van der Waals surface area contributed by atoms with Crippen molar-refractivity contribution < 1.29 is 26.7 Å². The lowest BCUT2D eigenvalue weighted by atomic mass is 9.92. The van der Waals surface area contributed by atoms with Crippen molar-refractivity contribution in [2.75, 3.05) is 23.7 Å². The number of nitrogens with zero attached hydrogens (tertiary/aromatic N) is 3. The van der Waals surface area contributed by atoms with Crippen molar-refractivity contribution in [3.63, 3.8) is 0 Å². The number of alkyl halides is 3.